The fourth-order valence-electron chi connectivity index (χ4n) is 4.86. The minimum atomic E-state index is -0.579. The van der Waals surface area contributed by atoms with E-state index >= 15 is 0 Å². The second-order valence-electron chi connectivity index (χ2n) is 9.55. The van der Waals surface area contributed by atoms with Crippen molar-refractivity contribution < 1.29 is 9.13 Å². The van der Waals surface area contributed by atoms with Gasteiger partial charge < -0.3 is 14.6 Å². The molecule has 1 N–H and O–H groups in total. The molecule has 0 aliphatic heterocycles. The molecule has 0 radical (unpaired) electrons. The van der Waals surface area contributed by atoms with Gasteiger partial charge in [-0.05, 0) is 55.0 Å². The predicted octanol–water partition coefficient (Wildman–Crippen LogP) is 4.86. The third-order valence-corrected chi connectivity index (χ3v) is 6.87. The maximum Gasteiger partial charge on any atom is 0.266 e. The Bertz CT molecular complexity index is 2010. The zero-order valence-electron chi connectivity index (χ0n) is 22.3. The van der Waals surface area contributed by atoms with Crippen LogP contribution in [0.5, 0.6) is 5.75 Å². The van der Waals surface area contributed by atoms with Crippen molar-refractivity contribution >= 4 is 27.8 Å². The summed E-state index contributed by atoms with van der Waals surface area (Å²) in [7, 11) is 1.61. The monoisotopic (exact) mass is 548 g/mol. The van der Waals surface area contributed by atoms with E-state index in [4.69, 9.17) is 9.72 Å². The Hall–Kier alpha value is -5.38. The Morgan fingerprint density at radius 3 is 2.51 bits per heavy atom. The zero-order chi connectivity index (χ0) is 28.5. The third kappa shape index (κ3) is 4.91. The lowest BCUT2D eigenvalue weighted by Gasteiger charge is -2.21. The number of para-hydroxylation sites is 1. The largest absolute Gasteiger partial charge is 0.497 e. The van der Waals surface area contributed by atoms with Crippen LogP contribution in [0.3, 0.4) is 0 Å². The van der Waals surface area contributed by atoms with Crippen LogP contribution in [0.1, 0.15) is 24.4 Å². The molecule has 9 nitrogen and oxygen atoms in total. The molecule has 204 valence electrons. The van der Waals surface area contributed by atoms with Gasteiger partial charge in [0, 0.05) is 18.8 Å². The molecule has 3 aromatic heterocycles. The fraction of sp³-hybridized carbons (Fsp3) is 0.129. The smallest absolute Gasteiger partial charge is 0.266 e. The van der Waals surface area contributed by atoms with E-state index in [0.29, 0.717) is 40.4 Å². The van der Waals surface area contributed by atoms with Crippen molar-refractivity contribution in [2.24, 2.45) is 0 Å². The summed E-state index contributed by atoms with van der Waals surface area (Å²) >= 11 is 0. The summed E-state index contributed by atoms with van der Waals surface area (Å²) in [4.78, 5) is 40.3. The molecule has 0 spiro atoms. The molecule has 3 heterocycles. The molecule has 0 unspecified atom stereocenters. The average Bonchev–Trinajstić information content (AvgIpc) is 2.99. The number of hydrogen-bond donors (Lipinski definition) is 1. The van der Waals surface area contributed by atoms with E-state index in [0.717, 1.165) is 11.3 Å². The molecule has 0 aliphatic rings. The van der Waals surface area contributed by atoms with Crippen LogP contribution >= 0.6 is 0 Å². The van der Waals surface area contributed by atoms with E-state index in [2.05, 4.69) is 15.3 Å². The van der Waals surface area contributed by atoms with Crippen LogP contribution in [0.4, 0.5) is 10.2 Å². The first-order valence-corrected chi connectivity index (χ1v) is 12.9. The molecule has 6 rings (SSSR count). The molecule has 41 heavy (non-hydrogen) atoms. The molecule has 0 aliphatic carbocycles. The van der Waals surface area contributed by atoms with Crippen LogP contribution in [0.15, 0.2) is 101 Å². The number of benzene rings is 3. The lowest BCUT2D eigenvalue weighted by molar-refractivity contribution is 0.414. The van der Waals surface area contributed by atoms with Crippen molar-refractivity contribution in [3.8, 4) is 11.4 Å². The van der Waals surface area contributed by atoms with Crippen molar-refractivity contribution in [1.82, 2.24) is 24.1 Å². The van der Waals surface area contributed by atoms with Crippen LogP contribution in [-0.4, -0.2) is 31.2 Å². The average molecular weight is 549 g/mol. The minimum Gasteiger partial charge on any atom is -0.497 e. The molecular formula is C31H25FN6O3. The number of ether oxygens (including phenoxy) is 1. The zero-order valence-corrected chi connectivity index (χ0v) is 22.3. The standard InChI is InChI=1S/C31H25FN6O3/c1-19(29-36-25-13-10-21(32)16-24(25)31(40)38(29)22-6-4-3-5-7-22)35-28-27-26(39)14-15-37(30(27)34-18-33-28)17-20-8-11-23(41-2)12-9-20/h3-16,18-19H,17H2,1-2H3,(H,33,34,35)/t19-/m0/s1. The van der Waals surface area contributed by atoms with Gasteiger partial charge in [-0.15, -0.1) is 0 Å². The van der Waals surface area contributed by atoms with Crippen molar-refractivity contribution in [3.05, 3.63) is 129 Å². The van der Waals surface area contributed by atoms with Crippen LogP contribution in [0.2, 0.25) is 0 Å². The van der Waals surface area contributed by atoms with Crippen LogP contribution < -0.4 is 21.0 Å². The number of fused-ring (bicyclic) bond motifs is 2. The van der Waals surface area contributed by atoms with Gasteiger partial charge in [-0.1, -0.05) is 30.3 Å². The number of halogens is 1. The highest BCUT2D eigenvalue weighted by Crippen LogP contribution is 2.24. The SMILES string of the molecule is COc1ccc(Cn2ccc(=O)c3c(N[C@@H](C)c4nc5ccc(F)cc5c(=O)n4-c4ccccc4)ncnc32)cc1. The van der Waals surface area contributed by atoms with Gasteiger partial charge in [0.1, 0.15) is 40.6 Å². The highest BCUT2D eigenvalue weighted by molar-refractivity contribution is 5.86. The summed E-state index contributed by atoms with van der Waals surface area (Å²) < 4.78 is 22.6. The van der Waals surface area contributed by atoms with Gasteiger partial charge in [-0.2, -0.15) is 0 Å². The first kappa shape index (κ1) is 25.9. The number of pyridine rings is 1. The van der Waals surface area contributed by atoms with E-state index in [1.807, 2.05) is 54.0 Å². The molecule has 0 fully saturated rings. The Morgan fingerprint density at radius 2 is 1.76 bits per heavy atom. The summed E-state index contributed by atoms with van der Waals surface area (Å²) in [5.74, 6) is 0.919. The molecule has 1 atom stereocenters. The molecular weight excluding hydrogens is 523 g/mol. The number of methoxy groups -OCH3 is 1. The maximum absolute atomic E-state index is 14.0. The number of aromatic nitrogens is 5. The molecule has 0 bridgehead atoms. The molecule has 0 saturated heterocycles. The normalized spacial score (nSPS) is 12.0. The Morgan fingerprint density at radius 1 is 0.976 bits per heavy atom. The van der Waals surface area contributed by atoms with Gasteiger partial charge in [-0.25, -0.2) is 19.3 Å². The fourth-order valence-corrected chi connectivity index (χ4v) is 4.86. The van der Waals surface area contributed by atoms with Gasteiger partial charge in [0.05, 0.1) is 29.7 Å². The molecule has 0 amide bonds. The van der Waals surface area contributed by atoms with E-state index in [9.17, 15) is 14.0 Å². The molecule has 6 aromatic rings. The van der Waals surface area contributed by atoms with Gasteiger partial charge in [0.25, 0.3) is 5.56 Å². The number of hydrogen-bond acceptors (Lipinski definition) is 7. The summed E-state index contributed by atoms with van der Waals surface area (Å²) in [5.41, 5.74) is 1.75. The second kappa shape index (κ2) is 10.6. The third-order valence-electron chi connectivity index (χ3n) is 6.87. The Kier molecular flexibility index (Phi) is 6.72. The van der Waals surface area contributed by atoms with Crippen LogP contribution in [0, 0.1) is 5.82 Å². The van der Waals surface area contributed by atoms with E-state index in [-0.39, 0.29) is 10.8 Å². The highest BCUT2D eigenvalue weighted by Gasteiger charge is 2.21. The number of nitrogens with one attached hydrogen (secondary N) is 1. The molecule has 10 heteroatoms. The number of nitrogens with zero attached hydrogens (tertiary/aromatic N) is 5. The summed E-state index contributed by atoms with van der Waals surface area (Å²) in [6.45, 7) is 2.30. The van der Waals surface area contributed by atoms with Gasteiger partial charge in [0.2, 0.25) is 0 Å². The Labute approximate surface area is 233 Å². The van der Waals surface area contributed by atoms with Crippen LogP contribution in [0.25, 0.3) is 27.6 Å². The number of rotatable bonds is 7. The number of anilines is 1. The van der Waals surface area contributed by atoms with E-state index in [1.165, 1.54) is 35.2 Å². The van der Waals surface area contributed by atoms with Crippen molar-refractivity contribution in [3.63, 3.8) is 0 Å². The van der Waals surface area contributed by atoms with Gasteiger partial charge >= 0.3 is 0 Å². The topological polar surface area (TPSA) is 104 Å². The maximum atomic E-state index is 14.0. The minimum absolute atomic E-state index is 0.165. The summed E-state index contributed by atoms with van der Waals surface area (Å²) in [6.07, 6.45) is 3.09. The molecule has 3 aromatic carbocycles. The van der Waals surface area contributed by atoms with E-state index < -0.39 is 17.4 Å². The highest BCUT2D eigenvalue weighted by atomic mass is 19.1. The first-order valence-electron chi connectivity index (χ1n) is 12.9. The van der Waals surface area contributed by atoms with Crippen molar-refractivity contribution in [2.75, 3.05) is 12.4 Å². The Balaban J connectivity index is 1.44. The van der Waals surface area contributed by atoms with Gasteiger partial charge in [-0.3, -0.25) is 14.2 Å². The van der Waals surface area contributed by atoms with Crippen LogP contribution in [-0.2, 0) is 6.54 Å². The quantitative estimate of drug-likeness (QED) is 0.304. The first-order chi connectivity index (χ1) is 19.9. The van der Waals surface area contributed by atoms with E-state index in [1.54, 1.807) is 25.4 Å². The van der Waals surface area contributed by atoms with Crippen molar-refractivity contribution in [1.29, 1.82) is 0 Å². The van der Waals surface area contributed by atoms with Crippen molar-refractivity contribution in [2.45, 2.75) is 19.5 Å². The lowest BCUT2D eigenvalue weighted by atomic mass is 10.2. The molecule has 0 saturated carbocycles. The predicted molar refractivity (Wildman–Crippen MR) is 155 cm³/mol. The second-order valence-corrected chi connectivity index (χ2v) is 9.55. The lowest BCUT2D eigenvalue weighted by Crippen LogP contribution is -2.27. The summed E-state index contributed by atoms with van der Waals surface area (Å²) in [6, 6.07) is 21.5. The summed E-state index contributed by atoms with van der Waals surface area (Å²) in [5, 5.41) is 3.76. The van der Waals surface area contributed by atoms with Gasteiger partial charge in [0.15, 0.2) is 5.43 Å².